The number of rotatable bonds is 11. The van der Waals surface area contributed by atoms with Gasteiger partial charge in [-0.25, -0.2) is 0 Å². The summed E-state index contributed by atoms with van der Waals surface area (Å²) in [6.45, 7) is 8.47. The zero-order valence-electron chi connectivity index (χ0n) is 13.8. The van der Waals surface area contributed by atoms with Crippen molar-refractivity contribution in [3.63, 3.8) is 0 Å². The van der Waals surface area contributed by atoms with Crippen molar-refractivity contribution < 1.29 is 9.47 Å². The van der Waals surface area contributed by atoms with Gasteiger partial charge in [-0.2, -0.15) is 0 Å². The summed E-state index contributed by atoms with van der Waals surface area (Å²) in [5, 5.41) is 3.37. The van der Waals surface area contributed by atoms with E-state index in [1.807, 2.05) is 6.20 Å². The predicted octanol–water partition coefficient (Wildman–Crippen LogP) is 2.24. The van der Waals surface area contributed by atoms with E-state index in [-0.39, 0.29) is 6.04 Å². The van der Waals surface area contributed by atoms with E-state index in [2.05, 4.69) is 41.2 Å². The fraction of sp³-hybridized carbons (Fsp3) is 0.688. The van der Waals surface area contributed by atoms with Gasteiger partial charge in [-0.1, -0.05) is 6.92 Å². The minimum Gasteiger partial charge on any atom is -0.385 e. The molecule has 0 aliphatic heterocycles. The van der Waals surface area contributed by atoms with Crippen LogP contribution in [0.15, 0.2) is 18.3 Å². The highest BCUT2D eigenvalue weighted by Crippen LogP contribution is 2.16. The average Bonchev–Trinajstić information content (AvgIpc) is 2.51. The Morgan fingerprint density at radius 2 is 1.95 bits per heavy atom. The smallest absolute Gasteiger partial charge is 0.0637 e. The largest absolute Gasteiger partial charge is 0.385 e. The lowest BCUT2D eigenvalue weighted by Crippen LogP contribution is -2.29. The third-order valence-electron chi connectivity index (χ3n) is 3.43. The predicted molar refractivity (Wildman–Crippen MR) is 86.9 cm³/mol. The van der Waals surface area contributed by atoms with Crippen LogP contribution in [-0.4, -0.2) is 52.1 Å². The van der Waals surface area contributed by atoms with Crippen LogP contribution in [0.2, 0.25) is 0 Å². The number of anilines is 1. The summed E-state index contributed by atoms with van der Waals surface area (Å²) in [6, 6.07) is 4.52. The minimum atomic E-state index is 0.282. The molecule has 0 aliphatic carbocycles. The Morgan fingerprint density at radius 1 is 1.19 bits per heavy atom. The highest BCUT2D eigenvalue weighted by Gasteiger charge is 2.09. The zero-order valence-corrected chi connectivity index (χ0v) is 13.8. The zero-order chi connectivity index (χ0) is 15.5. The van der Waals surface area contributed by atoms with Crippen molar-refractivity contribution >= 4 is 5.69 Å². The Labute approximate surface area is 128 Å². The number of ether oxygens (including phenoxy) is 2. The first-order chi connectivity index (χ1) is 10.2. The molecular formula is C16H29N3O2. The van der Waals surface area contributed by atoms with Gasteiger partial charge in [0, 0.05) is 40.0 Å². The molecule has 21 heavy (non-hydrogen) atoms. The van der Waals surface area contributed by atoms with E-state index in [0.29, 0.717) is 6.61 Å². The maximum atomic E-state index is 5.19. The van der Waals surface area contributed by atoms with Crippen molar-refractivity contribution in [1.82, 2.24) is 10.3 Å². The molecule has 1 aromatic heterocycles. The van der Waals surface area contributed by atoms with E-state index in [1.165, 1.54) is 0 Å². The van der Waals surface area contributed by atoms with E-state index >= 15 is 0 Å². The second-order valence-corrected chi connectivity index (χ2v) is 5.05. The molecule has 1 rings (SSSR count). The first-order valence-corrected chi connectivity index (χ1v) is 7.65. The maximum absolute atomic E-state index is 5.19. The molecule has 1 atom stereocenters. The highest BCUT2D eigenvalue weighted by atomic mass is 16.5. The van der Waals surface area contributed by atoms with Crippen molar-refractivity contribution in [2.75, 3.05) is 52.0 Å². The van der Waals surface area contributed by atoms with Crippen LogP contribution >= 0.6 is 0 Å². The summed E-state index contributed by atoms with van der Waals surface area (Å²) in [7, 11) is 3.46. The normalized spacial score (nSPS) is 12.4. The molecule has 0 spiro atoms. The fourth-order valence-corrected chi connectivity index (χ4v) is 2.22. The maximum Gasteiger partial charge on any atom is 0.0637 e. The van der Waals surface area contributed by atoms with E-state index in [1.54, 1.807) is 14.2 Å². The standard InChI is InChI=1S/C16H29N3O2/c1-5-17-14(2)16-8-7-15(13-18-16)19(10-12-21-4)9-6-11-20-3/h7-8,13-14,17H,5-6,9-12H2,1-4H3. The molecule has 0 bridgehead atoms. The quantitative estimate of drug-likeness (QED) is 0.634. The second kappa shape index (κ2) is 10.5. The van der Waals surface area contributed by atoms with Crippen LogP contribution in [-0.2, 0) is 9.47 Å². The average molecular weight is 295 g/mol. The molecule has 0 aromatic carbocycles. The molecule has 5 nitrogen and oxygen atoms in total. The summed E-state index contributed by atoms with van der Waals surface area (Å²) in [4.78, 5) is 6.87. The monoisotopic (exact) mass is 295 g/mol. The molecule has 1 aromatic rings. The fourth-order valence-electron chi connectivity index (χ4n) is 2.22. The van der Waals surface area contributed by atoms with Gasteiger partial charge in [-0.05, 0) is 32.0 Å². The van der Waals surface area contributed by atoms with Crippen LogP contribution in [0.25, 0.3) is 0 Å². The van der Waals surface area contributed by atoms with Crippen LogP contribution in [0.1, 0.15) is 32.0 Å². The van der Waals surface area contributed by atoms with Crippen LogP contribution in [0.3, 0.4) is 0 Å². The van der Waals surface area contributed by atoms with E-state index in [9.17, 15) is 0 Å². The Balaban J connectivity index is 2.67. The number of nitrogens with zero attached hydrogens (tertiary/aromatic N) is 2. The van der Waals surface area contributed by atoms with Gasteiger partial charge in [0.2, 0.25) is 0 Å². The number of pyridine rings is 1. The number of hydrogen-bond acceptors (Lipinski definition) is 5. The van der Waals surface area contributed by atoms with Crippen molar-refractivity contribution in [3.05, 3.63) is 24.0 Å². The van der Waals surface area contributed by atoms with Gasteiger partial charge in [0.05, 0.1) is 24.2 Å². The number of nitrogens with one attached hydrogen (secondary N) is 1. The van der Waals surface area contributed by atoms with Gasteiger partial charge >= 0.3 is 0 Å². The lowest BCUT2D eigenvalue weighted by Gasteiger charge is -2.24. The molecule has 0 saturated heterocycles. The minimum absolute atomic E-state index is 0.282. The van der Waals surface area contributed by atoms with Crippen LogP contribution in [0, 0.1) is 0 Å². The van der Waals surface area contributed by atoms with Crippen LogP contribution in [0.4, 0.5) is 5.69 Å². The van der Waals surface area contributed by atoms with Crippen molar-refractivity contribution in [2.45, 2.75) is 26.3 Å². The lowest BCUT2D eigenvalue weighted by atomic mass is 10.2. The summed E-state index contributed by atoms with van der Waals surface area (Å²) in [5.41, 5.74) is 2.21. The van der Waals surface area contributed by atoms with E-state index < -0.39 is 0 Å². The molecular weight excluding hydrogens is 266 g/mol. The Kier molecular flexibility index (Phi) is 8.98. The number of aromatic nitrogens is 1. The summed E-state index contributed by atoms with van der Waals surface area (Å²) >= 11 is 0. The summed E-state index contributed by atoms with van der Waals surface area (Å²) < 4.78 is 10.3. The molecule has 0 saturated carbocycles. The second-order valence-electron chi connectivity index (χ2n) is 5.05. The van der Waals surface area contributed by atoms with Gasteiger partial charge in [-0.3, -0.25) is 4.98 Å². The Morgan fingerprint density at radius 3 is 2.52 bits per heavy atom. The topological polar surface area (TPSA) is 46.6 Å². The lowest BCUT2D eigenvalue weighted by molar-refractivity contribution is 0.191. The highest BCUT2D eigenvalue weighted by molar-refractivity contribution is 5.44. The van der Waals surface area contributed by atoms with Gasteiger partial charge in [0.15, 0.2) is 0 Å². The van der Waals surface area contributed by atoms with Gasteiger partial charge in [0.1, 0.15) is 0 Å². The van der Waals surface area contributed by atoms with Crippen molar-refractivity contribution in [3.8, 4) is 0 Å². The third-order valence-corrected chi connectivity index (χ3v) is 3.43. The first-order valence-electron chi connectivity index (χ1n) is 7.65. The first kappa shape index (κ1) is 17.9. The van der Waals surface area contributed by atoms with Crippen molar-refractivity contribution in [2.24, 2.45) is 0 Å². The molecule has 1 N–H and O–H groups in total. The number of hydrogen-bond donors (Lipinski definition) is 1. The molecule has 0 fully saturated rings. The third kappa shape index (κ3) is 6.42. The van der Waals surface area contributed by atoms with Crippen LogP contribution < -0.4 is 10.2 Å². The molecule has 5 heteroatoms. The van der Waals surface area contributed by atoms with Gasteiger partial charge in [-0.15, -0.1) is 0 Å². The van der Waals surface area contributed by atoms with Crippen molar-refractivity contribution in [1.29, 1.82) is 0 Å². The molecule has 1 unspecified atom stereocenters. The molecule has 120 valence electrons. The number of methoxy groups -OCH3 is 2. The molecule has 0 amide bonds. The summed E-state index contributed by atoms with van der Waals surface area (Å²) in [6.07, 6.45) is 2.95. The Bertz CT molecular complexity index is 370. The Hall–Kier alpha value is -1.17. The van der Waals surface area contributed by atoms with E-state index in [4.69, 9.17) is 9.47 Å². The molecule has 1 heterocycles. The summed E-state index contributed by atoms with van der Waals surface area (Å²) in [5.74, 6) is 0. The van der Waals surface area contributed by atoms with Gasteiger partial charge < -0.3 is 19.7 Å². The van der Waals surface area contributed by atoms with E-state index in [0.717, 1.165) is 44.0 Å². The molecule has 0 radical (unpaired) electrons. The van der Waals surface area contributed by atoms with Gasteiger partial charge in [0.25, 0.3) is 0 Å². The van der Waals surface area contributed by atoms with Crippen LogP contribution in [0.5, 0.6) is 0 Å². The molecule has 0 aliphatic rings. The SMILES string of the molecule is CCNC(C)c1ccc(N(CCCOC)CCOC)cn1.